The van der Waals surface area contributed by atoms with Gasteiger partial charge in [0.2, 0.25) is 5.95 Å². The summed E-state index contributed by atoms with van der Waals surface area (Å²) in [5.41, 5.74) is 2.84. The lowest BCUT2D eigenvalue weighted by Gasteiger charge is -2.23. The van der Waals surface area contributed by atoms with Crippen molar-refractivity contribution in [3.8, 4) is 11.5 Å². The van der Waals surface area contributed by atoms with Gasteiger partial charge in [-0.05, 0) is 42.3 Å². The van der Waals surface area contributed by atoms with Crippen molar-refractivity contribution in [3.63, 3.8) is 0 Å². The Bertz CT molecular complexity index is 1550. The van der Waals surface area contributed by atoms with Gasteiger partial charge < -0.3 is 19.6 Å². The van der Waals surface area contributed by atoms with Crippen LogP contribution in [0.2, 0.25) is 5.02 Å². The minimum Gasteiger partial charge on any atom is -0.507 e. The Morgan fingerprint density at radius 3 is 2.58 bits per heavy atom. The number of halogens is 1. The van der Waals surface area contributed by atoms with Crippen LogP contribution < -0.4 is 14.4 Å². The van der Waals surface area contributed by atoms with Crippen molar-refractivity contribution in [2.75, 3.05) is 19.1 Å². The fourth-order valence-electron chi connectivity index (χ4n) is 4.32. The number of methoxy groups -OCH3 is 2. The summed E-state index contributed by atoms with van der Waals surface area (Å²) in [5, 5.41) is 11.6. The smallest absolute Gasteiger partial charge is 0.302 e. The van der Waals surface area contributed by atoms with E-state index in [4.69, 9.17) is 21.1 Å². The summed E-state index contributed by atoms with van der Waals surface area (Å²) in [6.07, 6.45) is 3.10. The maximum Gasteiger partial charge on any atom is 0.302 e. The van der Waals surface area contributed by atoms with Gasteiger partial charge >= 0.3 is 5.91 Å². The molecule has 0 bridgehead atoms. The summed E-state index contributed by atoms with van der Waals surface area (Å²) in [5.74, 6) is -1.47. The summed E-state index contributed by atoms with van der Waals surface area (Å²) in [7, 11) is 2.86. The van der Waals surface area contributed by atoms with Crippen molar-refractivity contribution in [1.82, 2.24) is 15.0 Å². The fourth-order valence-corrected chi connectivity index (χ4v) is 4.56. The van der Waals surface area contributed by atoms with E-state index in [0.29, 0.717) is 22.3 Å². The van der Waals surface area contributed by atoms with Crippen LogP contribution in [0.4, 0.5) is 5.95 Å². The number of aliphatic hydroxyl groups excluding tert-OH is 1. The van der Waals surface area contributed by atoms with E-state index in [1.54, 1.807) is 18.3 Å². The highest BCUT2D eigenvalue weighted by atomic mass is 35.5. The molecule has 1 aliphatic heterocycles. The predicted octanol–water partition coefficient (Wildman–Crippen LogP) is 4.56. The maximum absolute atomic E-state index is 13.4. The number of benzene rings is 2. The number of imidazole rings is 1. The highest BCUT2D eigenvalue weighted by Crippen LogP contribution is 2.44. The van der Waals surface area contributed by atoms with Crippen LogP contribution in [0.5, 0.6) is 11.5 Å². The summed E-state index contributed by atoms with van der Waals surface area (Å²) in [6, 6.07) is 10.9. The highest BCUT2D eigenvalue weighted by Gasteiger charge is 2.48. The van der Waals surface area contributed by atoms with Gasteiger partial charge in [0.1, 0.15) is 17.3 Å². The number of carbonyl (C=O) groups is 2. The molecule has 4 aromatic rings. The second-order valence-electron chi connectivity index (χ2n) is 8.22. The molecule has 0 aliphatic carbocycles. The van der Waals surface area contributed by atoms with E-state index >= 15 is 0 Å². The lowest BCUT2D eigenvalue weighted by molar-refractivity contribution is -0.132. The van der Waals surface area contributed by atoms with Crippen molar-refractivity contribution in [2.45, 2.75) is 13.0 Å². The van der Waals surface area contributed by atoms with Gasteiger partial charge in [0.25, 0.3) is 5.78 Å². The molecule has 2 N–H and O–H groups in total. The number of carbonyl (C=O) groups excluding carboxylic acids is 2. The second kappa shape index (κ2) is 9.01. The monoisotopic (exact) mass is 504 g/mol. The number of ketones is 1. The molecule has 2 aromatic carbocycles. The van der Waals surface area contributed by atoms with Crippen LogP contribution in [0, 0.1) is 6.92 Å². The Labute approximate surface area is 211 Å². The molecule has 2 aromatic heterocycles. The molecular formula is C26H21ClN4O5. The number of hydrogen-bond donors (Lipinski definition) is 2. The van der Waals surface area contributed by atoms with Gasteiger partial charge in [0.05, 0.1) is 47.5 Å². The van der Waals surface area contributed by atoms with E-state index in [-0.39, 0.29) is 27.9 Å². The van der Waals surface area contributed by atoms with Gasteiger partial charge in [-0.1, -0.05) is 23.7 Å². The quantitative estimate of drug-likeness (QED) is 0.232. The summed E-state index contributed by atoms with van der Waals surface area (Å²) >= 11 is 6.31. The van der Waals surface area contributed by atoms with E-state index in [0.717, 1.165) is 5.56 Å². The molecule has 1 amide bonds. The van der Waals surface area contributed by atoms with Crippen LogP contribution in [0.1, 0.15) is 22.7 Å². The average molecular weight is 505 g/mol. The number of aliphatic hydroxyl groups is 1. The van der Waals surface area contributed by atoms with E-state index in [2.05, 4.69) is 15.0 Å². The summed E-state index contributed by atoms with van der Waals surface area (Å²) in [4.78, 5) is 39.8. The Hall–Kier alpha value is -4.37. The number of H-pyrrole nitrogens is 1. The zero-order chi connectivity index (χ0) is 25.6. The third-order valence-electron chi connectivity index (χ3n) is 6.03. The highest BCUT2D eigenvalue weighted by molar-refractivity contribution is 6.51. The molecule has 1 unspecified atom stereocenters. The number of hydrogen-bond acceptors (Lipinski definition) is 7. The van der Waals surface area contributed by atoms with Crippen LogP contribution in [0.25, 0.3) is 16.8 Å². The Kier molecular flexibility index (Phi) is 5.85. The number of anilines is 1. The number of fused-ring (bicyclic) bond motifs is 1. The Morgan fingerprint density at radius 1 is 1.11 bits per heavy atom. The lowest BCUT2D eigenvalue weighted by Crippen LogP contribution is -2.30. The first kappa shape index (κ1) is 23.4. The second-order valence-corrected chi connectivity index (χ2v) is 8.63. The molecule has 5 rings (SSSR count). The third-order valence-corrected chi connectivity index (χ3v) is 6.32. The van der Waals surface area contributed by atoms with E-state index in [9.17, 15) is 14.7 Å². The van der Waals surface area contributed by atoms with Gasteiger partial charge in [-0.15, -0.1) is 0 Å². The van der Waals surface area contributed by atoms with Gasteiger partial charge in [-0.3, -0.25) is 19.5 Å². The molecule has 0 radical (unpaired) electrons. The van der Waals surface area contributed by atoms with Crippen molar-refractivity contribution in [2.24, 2.45) is 0 Å². The number of aryl methyl sites for hydroxylation is 1. The SMILES string of the molecule is COc1cc(OC)c(/C(O)=C2\C(=O)C(=O)N(c3nc4ccc(C)cc4[nH]3)C2c2cccnc2)cc1Cl. The molecule has 1 aliphatic rings. The van der Waals surface area contributed by atoms with Crippen molar-refractivity contribution >= 4 is 46.0 Å². The molecule has 182 valence electrons. The molecule has 1 atom stereocenters. The standard InChI is InChI=1S/C26H21ClN4O5/c1-13-6-7-17-18(9-13)30-26(29-17)31-22(14-5-4-8-28-12-14)21(24(33)25(31)34)23(32)15-10-16(27)20(36-3)11-19(15)35-2/h4-12,22,32H,1-3H3,(H,29,30)/b23-21+. The first-order chi connectivity index (χ1) is 17.3. The number of aromatic nitrogens is 3. The van der Waals surface area contributed by atoms with Crippen molar-refractivity contribution in [1.29, 1.82) is 0 Å². The zero-order valence-corrected chi connectivity index (χ0v) is 20.3. The van der Waals surface area contributed by atoms with Crippen LogP contribution in [0.15, 0.2) is 60.4 Å². The average Bonchev–Trinajstić information content (AvgIpc) is 3.41. The number of nitrogens with zero attached hydrogens (tertiary/aromatic N) is 3. The summed E-state index contributed by atoms with van der Waals surface area (Å²) < 4.78 is 10.6. The first-order valence-electron chi connectivity index (χ1n) is 10.9. The Morgan fingerprint density at radius 2 is 1.89 bits per heavy atom. The molecule has 1 saturated heterocycles. The minimum atomic E-state index is -1.01. The summed E-state index contributed by atoms with van der Waals surface area (Å²) in [6.45, 7) is 1.94. The maximum atomic E-state index is 13.4. The molecule has 0 saturated carbocycles. The van der Waals surface area contributed by atoms with Crippen LogP contribution >= 0.6 is 11.6 Å². The molecule has 3 heterocycles. The molecule has 0 spiro atoms. The van der Waals surface area contributed by atoms with E-state index in [1.165, 1.54) is 37.4 Å². The van der Waals surface area contributed by atoms with Crippen LogP contribution in [0.3, 0.4) is 0 Å². The molecule has 1 fully saturated rings. The van der Waals surface area contributed by atoms with Gasteiger partial charge in [-0.25, -0.2) is 4.98 Å². The van der Waals surface area contributed by atoms with Crippen LogP contribution in [-0.2, 0) is 9.59 Å². The molecular weight excluding hydrogens is 484 g/mol. The van der Waals surface area contributed by atoms with E-state index in [1.807, 2.05) is 25.1 Å². The number of ether oxygens (including phenoxy) is 2. The van der Waals surface area contributed by atoms with Crippen molar-refractivity contribution in [3.05, 3.63) is 82.1 Å². The fraction of sp³-hybridized carbons (Fsp3) is 0.154. The van der Waals surface area contributed by atoms with E-state index < -0.39 is 23.5 Å². The largest absolute Gasteiger partial charge is 0.507 e. The van der Waals surface area contributed by atoms with Crippen molar-refractivity contribution < 1.29 is 24.2 Å². The number of Topliss-reactive ketones (excluding diaryl/α,β-unsaturated/α-hetero) is 1. The number of amides is 1. The third kappa shape index (κ3) is 3.74. The number of nitrogens with one attached hydrogen (secondary N) is 1. The number of rotatable bonds is 5. The Balaban J connectivity index is 1.75. The van der Waals surface area contributed by atoms with Gasteiger partial charge in [0, 0.05) is 18.5 Å². The normalized spacial score (nSPS) is 17.1. The molecule has 36 heavy (non-hydrogen) atoms. The number of aromatic amines is 1. The van der Waals surface area contributed by atoms with Gasteiger partial charge in [0.15, 0.2) is 0 Å². The van der Waals surface area contributed by atoms with Crippen LogP contribution in [-0.4, -0.2) is 46.0 Å². The number of pyridine rings is 1. The topological polar surface area (TPSA) is 118 Å². The molecule has 10 heteroatoms. The predicted molar refractivity (Wildman–Crippen MR) is 134 cm³/mol. The lowest BCUT2D eigenvalue weighted by atomic mass is 9.96. The van der Waals surface area contributed by atoms with Gasteiger partial charge in [-0.2, -0.15) is 0 Å². The zero-order valence-electron chi connectivity index (χ0n) is 19.6. The minimum absolute atomic E-state index is 0.135. The molecule has 9 nitrogen and oxygen atoms in total. The first-order valence-corrected chi connectivity index (χ1v) is 11.3.